The molecule has 0 saturated heterocycles. The van der Waals surface area contributed by atoms with Gasteiger partial charge in [-0.1, -0.05) is 84.0 Å². The lowest BCUT2D eigenvalue weighted by molar-refractivity contribution is -0.131. The Morgan fingerprint density at radius 2 is 1.33 bits per heavy atom. The molecule has 0 spiro atoms. The Balaban J connectivity index is 1.72. The number of carbonyl (C=O) groups excluding carboxylic acids is 1. The Labute approximate surface area is 251 Å². The number of hydrogen-bond acceptors (Lipinski definition) is 5. The Morgan fingerprint density at radius 1 is 0.738 bits per heavy atom. The van der Waals surface area contributed by atoms with Gasteiger partial charge in [0.15, 0.2) is 6.79 Å². The maximum absolute atomic E-state index is 11.6. The molecule has 4 aromatic carbocycles. The van der Waals surface area contributed by atoms with Crippen LogP contribution in [0.25, 0.3) is 21.9 Å². The summed E-state index contributed by atoms with van der Waals surface area (Å²) in [4.78, 5) is 11.6. The summed E-state index contributed by atoms with van der Waals surface area (Å²) in [6.07, 6.45) is 0.739. The zero-order valence-electron chi connectivity index (χ0n) is 26.2. The molecule has 0 bridgehead atoms. The maximum Gasteiger partial charge on any atom is 0.308 e. The van der Waals surface area contributed by atoms with Crippen molar-refractivity contribution in [3.8, 4) is 28.4 Å². The van der Waals surface area contributed by atoms with Crippen LogP contribution in [0.5, 0.6) is 17.2 Å². The summed E-state index contributed by atoms with van der Waals surface area (Å²) in [6, 6.07) is 26.8. The summed E-state index contributed by atoms with van der Waals surface area (Å²) in [5.41, 5.74) is 6.19. The molecule has 0 aliphatic carbocycles. The van der Waals surface area contributed by atoms with E-state index >= 15 is 0 Å². The van der Waals surface area contributed by atoms with E-state index in [1.807, 2.05) is 30.3 Å². The molecule has 0 aliphatic heterocycles. The molecule has 0 aliphatic rings. The molecule has 222 valence electrons. The van der Waals surface area contributed by atoms with E-state index in [0.717, 1.165) is 39.8 Å². The van der Waals surface area contributed by atoms with Crippen molar-refractivity contribution < 1.29 is 23.4 Å². The van der Waals surface area contributed by atoms with Crippen LogP contribution in [0.3, 0.4) is 0 Å². The first-order chi connectivity index (χ1) is 20.0. The van der Waals surface area contributed by atoms with E-state index in [1.165, 1.54) is 18.1 Å². The van der Waals surface area contributed by atoms with Crippen molar-refractivity contribution in [2.24, 2.45) is 0 Å². The van der Waals surface area contributed by atoms with Gasteiger partial charge in [0.1, 0.15) is 17.2 Å². The lowest BCUT2D eigenvalue weighted by atomic mass is 9.90. The fraction of sp³-hybridized carbons (Fsp3) is 0.361. The molecule has 0 radical (unpaired) electrons. The number of methoxy groups -OCH3 is 1. The van der Waals surface area contributed by atoms with E-state index in [4.69, 9.17) is 18.6 Å². The van der Waals surface area contributed by atoms with Crippen molar-refractivity contribution in [3.63, 3.8) is 0 Å². The summed E-state index contributed by atoms with van der Waals surface area (Å²) < 4.78 is 22.9. The zero-order chi connectivity index (χ0) is 30.4. The summed E-state index contributed by atoms with van der Waals surface area (Å²) in [5, 5.41) is 2.14. The van der Waals surface area contributed by atoms with E-state index in [0.29, 0.717) is 22.4 Å². The molecule has 5 nitrogen and oxygen atoms in total. The second-order valence-corrected chi connectivity index (χ2v) is 17.3. The first-order valence-electron chi connectivity index (χ1n) is 14.8. The van der Waals surface area contributed by atoms with Crippen LogP contribution in [0.15, 0.2) is 78.9 Å². The van der Waals surface area contributed by atoms with Crippen LogP contribution < -0.4 is 13.9 Å². The lowest BCUT2D eigenvalue weighted by Gasteiger charge is -2.42. The van der Waals surface area contributed by atoms with Crippen molar-refractivity contribution in [2.45, 2.75) is 71.5 Å². The minimum absolute atomic E-state index is 0.208. The van der Waals surface area contributed by atoms with Gasteiger partial charge >= 0.3 is 5.97 Å². The van der Waals surface area contributed by atoms with Gasteiger partial charge in [-0.2, -0.15) is 0 Å². The Morgan fingerprint density at radius 3 is 1.90 bits per heavy atom. The predicted molar refractivity (Wildman–Crippen MR) is 174 cm³/mol. The normalized spacial score (nSPS) is 11.9. The number of carbonyl (C=O) groups is 1. The number of esters is 1. The average Bonchev–Trinajstić information content (AvgIpc) is 2.95. The average molecular weight is 585 g/mol. The molecular formula is C36H44O5Si. The SMILES string of the molecule is COCOc1ccc(-c2ccc3cc(OC(C)=O)ccc3c2Cc2ccc(O[Si](C(C)C)(C(C)C)C(C)C)cc2)cc1. The van der Waals surface area contributed by atoms with Gasteiger partial charge in [-0.3, -0.25) is 4.79 Å². The number of hydrogen-bond donors (Lipinski definition) is 0. The van der Waals surface area contributed by atoms with Crippen molar-refractivity contribution in [3.05, 3.63) is 90.0 Å². The molecule has 0 unspecified atom stereocenters. The molecule has 0 saturated carbocycles. The molecule has 4 rings (SSSR count). The zero-order valence-corrected chi connectivity index (χ0v) is 27.2. The van der Waals surface area contributed by atoms with Gasteiger partial charge in [0.2, 0.25) is 0 Å². The molecule has 4 aromatic rings. The maximum atomic E-state index is 11.6. The van der Waals surface area contributed by atoms with Crippen LogP contribution in [0, 0.1) is 0 Å². The van der Waals surface area contributed by atoms with E-state index in [-0.39, 0.29) is 12.8 Å². The molecule has 0 amide bonds. The summed E-state index contributed by atoms with van der Waals surface area (Å²) in [5.74, 6) is 1.93. The minimum Gasteiger partial charge on any atom is -0.543 e. The van der Waals surface area contributed by atoms with E-state index < -0.39 is 8.32 Å². The van der Waals surface area contributed by atoms with Crippen molar-refractivity contribution in [1.82, 2.24) is 0 Å². The third-order valence-corrected chi connectivity index (χ3v) is 14.2. The number of ether oxygens (including phenoxy) is 3. The topological polar surface area (TPSA) is 54.0 Å². The number of rotatable bonds is 12. The molecule has 0 atom stereocenters. The van der Waals surface area contributed by atoms with Crippen LogP contribution in [0.1, 0.15) is 59.6 Å². The summed E-state index contributed by atoms with van der Waals surface area (Å²) >= 11 is 0. The Hall–Kier alpha value is -3.61. The molecule has 0 aromatic heterocycles. The van der Waals surface area contributed by atoms with Crippen molar-refractivity contribution in [2.75, 3.05) is 13.9 Å². The molecule has 6 heteroatoms. The summed E-state index contributed by atoms with van der Waals surface area (Å²) in [7, 11) is -0.424. The Bertz CT molecular complexity index is 1470. The highest BCUT2D eigenvalue weighted by Gasteiger charge is 2.46. The predicted octanol–water partition coefficient (Wildman–Crippen LogP) is 9.56. The highest BCUT2D eigenvalue weighted by Crippen LogP contribution is 2.43. The molecule has 0 heterocycles. The van der Waals surface area contributed by atoms with Gasteiger partial charge in [-0.15, -0.1) is 0 Å². The lowest BCUT2D eigenvalue weighted by Crippen LogP contribution is -2.50. The fourth-order valence-corrected chi connectivity index (χ4v) is 11.6. The smallest absolute Gasteiger partial charge is 0.308 e. The minimum atomic E-state index is -2.03. The van der Waals surface area contributed by atoms with Crippen LogP contribution >= 0.6 is 0 Å². The van der Waals surface area contributed by atoms with E-state index in [2.05, 4.69) is 90.1 Å². The standard InChI is InChI=1S/C36H44O5Si/c1-24(2)42(25(3)4,26(5)6)41-32-14-9-28(10-15-32)21-36-34(29-11-16-31(17-12-29)39-23-38-8)19-13-30-22-33(40-27(7)37)18-20-35(30)36/h9-20,22,24-26H,21,23H2,1-8H3. The van der Waals surface area contributed by atoms with Crippen LogP contribution in [-0.2, 0) is 16.0 Å². The monoisotopic (exact) mass is 584 g/mol. The van der Waals surface area contributed by atoms with Gasteiger partial charge in [0.05, 0.1) is 0 Å². The van der Waals surface area contributed by atoms with Crippen LogP contribution in [-0.4, -0.2) is 28.2 Å². The van der Waals surface area contributed by atoms with Gasteiger partial charge in [-0.25, -0.2) is 0 Å². The highest BCUT2D eigenvalue weighted by molar-refractivity contribution is 6.78. The molecule has 0 N–H and O–H groups in total. The molecule has 0 fully saturated rings. The Kier molecular flexibility index (Phi) is 10.1. The first-order valence-corrected chi connectivity index (χ1v) is 16.9. The second-order valence-electron chi connectivity index (χ2n) is 11.9. The van der Waals surface area contributed by atoms with Gasteiger partial charge in [0.25, 0.3) is 8.32 Å². The number of benzene rings is 4. The second kappa shape index (κ2) is 13.6. The van der Waals surface area contributed by atoms with Gasteiger partial charge < -0.3 is 18.6 Å². The quantitative estimate of drug-likeness (QED) is 0.0718. The van der Waals surface area contributed by atoms with Crippen LogP contribution in [0.2, 0.25) is 16.6 Å². The van der Waals surface area contributed by atoms with E-state index in [9.17, 15) is 4.79 Å². The van der Waals surface area contributed by atoms with Gasteiger partial charge in [-0.05, 0) is 92.5 Å². The molecular weight excluding hydrogens is 540 g/mol. The van der Waals surface area contributed by atoms with Crippen molar-refractivity contribution in [1.29, 1.82) is 0 Å². The fourth-order valence-electron chi connectivity index (χ4n) is 6.36. The van der Waals surface area contributed by atoms with Crippen LogP contribution in [0.4, 0.5) is 0 Å². The third kappa shape index (κ3) is 6.88. The van der Waals surface area contributed by atoms with Gasteiger partial charge in [0, 0.05) is 14.0 Å². The first kappa shape index (κ1) is 31.3. The summed E-state index contributed by atoms with van der Waals surface area (Å²) in [6.45, 7) is 15.5. The molecule has 42 heavy (non-hydrogen) atoms. The highest BCUT2D eigenvalue weighted by atomic mass is 28.4. The van der Waals surface area contributed by atoms with Crippen molar-refractivity contribution >= 4 is 25.1 Å². The van der Waals surface area contributed by atoms with E-state index in [1.54, 1.807) is 7.11 Å². The number of fused-ring (bicyclic) bond motifs is 1. The third-order valence-electron chi connectivity index (χ3n) is 8.18. The largest absolute Gasteiger partial charge is 0.543 e.